The molecule has 0 saturated heterocycles. The van der Waals surface area contributed by atoms with Crippen molar-refractivity contribution in [1.82, 2.24) is 0 Å². The highest BCUT2D eigenvalue weighted by atomic mass is 16.1. The molecule has 1 nitrogen and oxygen atoms in total. The van der Waals surface area contributed by atoms with E-state index in [1.165, 1.54) is 12.5 Å². The third-order valence-corrected chi connectivity index (χ3v) is 1.79. The van der Waals surface area contributed by atoms with E-state index in [0.717, 1.165) is 24.8 Å². The molecule has 0 amide bonds. The fourth-order valence-corrected chi connectivity index (χ4v) is 1.19. The highest BCUT2D eigenvalue weighted by Crippen LogP contribution is 2.17. The van der Waals surface area contributed by atoms with Gasteiger partial charge in [0, 0.05) is 0 Å². The normalized spacial score (nSPS) is 17.8. The monoisotopic (exact) mass is 136 g/mol. The van der Waals surface area contributed by atoms with Crippen molar-refractivity contribution in [3.05, 3.63) is 24.3 Å². The number of carbonyl (C=O) groups is 1. The van der Waals surface area contributed by atoms with Gasteiger partial charge in [0.15, 0.2) is 5.78 Å². The van der Waals surface area contributed by atoms with Crippen LogP contribution >= 0.6 is 0 Å². The van der Waals surface area contributed by atoms with E-state index in [0.29, 0.717) is 0 Å². The summed E-state index contributed by atoms with van der Waals surface area (Å²) in [4.78, 5) is 11.0. The zero-order chi connectivity index (χ0) is 7.40. The zero-order valence-electron chi connectivity index (χ0n) is 6.10. The maximum Gasteiger partial charge on any atom is 0.180 e. The van der Waals surface area contributed by atoms with Crippen LogP contribution in [0.3, 0.4) is 0 Å². The van der Waals surface area contributed by atoms with Gasteiger partial charge in [0.2, 0.25) is 0 Å². The molecule has 0 aromatic rings. The Morgan fingerprint density at radius 1 is 1.60 bits per heavy atom. The van der Waals surface area contributed by atoms with Crippen molar-refractivity contribution >= 4 is 5.78 Å². The molecular weight excluding hydrogens is 124 g/mol. The van der Waals surface area contributed by atoms with E-state index in [-0.39, 0.29) is 5.78 Å². The summed E-state index contributed by atoms with van der Waals surface area (Å²) in [5, 5.41) is 0. The molecule has 0 bridgehead atoms. The Hall–Kier alpha value is -0.850. The van der Waals surface area contributed by atoms with Crippen molar-refractivity contribution in [3.8, 4) is 0 Å². The first-order chi connectivity index (χ1) is 4.84. The van der Waals surface area contributed by atoms with Crippen molar-refractivity contribution in [2.24, 2.45) is 0 Å². The Morgan fingerprint density at radius 3 is 2.90 bits per heavy atom. The molecule has 0 aromatic carbocycles. The number of allylic oxidation sites excluding steroid dienone is 3. The van der Waals surface area contributed by atoms with Crippen molar-refractivity contribution in [2.75, 3.05) is 0 Å². The summed E-state index contributed by atoms with van der Waals surface area (Å²) in [5.41, 5.74) is 0.959. The number of hydrogen-bond donors (Lipinski definition) is 0. The first-order valence-corrected chi connectivity index (χ1v) is 3.70. The van der Waals surface area contributed by atoms with Crippen molar-refractivity contribution in [2.45, 2.75) is 25.7 Å². The second kappa shape index (κ2) is 3.35. The topological polar surface area (TPSA) is 17.1 Å². The number of hydrogen-bond acceptors (Lipinski definition) is 1. The second-order valence-electron chi connectivity index (χ2n) is 2.54. The zero-order valence-corrected chi connectivity index (χ0v) is 6.10. The van der Waals surface area contributed by atoms with Gasteiger partial charge in [-0.05, 0) is 37.3 Å². The third-order valence-electron chi connectivity index (χ3n) is 1.79. The molecule has 0 atom stereocenters. The predicted molar refractivity (Wildman–Crippen MR) is 41.8 cm³/mol. The molecule has 0 aromatic heterocycles. The minimum absolute atomic E-state index is 0.111. The Morgan fingerprint density at radius 2 is 2.40 bits per heavy atom. The molecule has 54 valence electrons. The van der Waals surface area contributed by atoms with E-state index < -0.39 is 0 Å². The standard InChI is InChI=1S/C9H12O/c1-2-9(10)8-6-4-3-5-7-8/h2,6H,1,3-5,7H2. The van der Waals surface area contributed by atoms with Crippen LogP contribution in [0.5, 0.6) is 0 Å². The van der Waals surface area contributed by atoms with Crippen molar-refractivity contribution < 1.29 is 4.79 Å². The van der Waals surface area contributed by atoms with Gasteiger partial charge in [-0.3, -0.25) is 4.79 Å². The average molecular weight is 136 g/mol. The smallest absolute Gasteiger partial charge is 0.180 e. The first kappa shape index (κ1) is 7.26. The first-order valence-electron chi connectivity index (χ1n) is 3.70. The lowest BCUT2D eigenvalue weighted by Gasteiger charge is -2.08. The van der Waals surface area contributed by atoms with E-state index in [1.54, 1.807) is 0 Å². The lowest BCUT2D eigenvalue weighted by atomic mass is 9.97. The van der Waals surface area contributed by atoms with Crippen LogP contribution in [0.25, 0.3) is 0 Å². The third kappa shape index (κ3) is 1.56. The van der Waals surface area contributed by atoms with Crippen LogP contribution in [0.1, 0.15) is 25.7 Å². The number of rotatable bonds is 2. The highest BCUT2D eigenvalue weighted by Gasteiger charge is 2.07. The molecule has 0 radical (unpaired) electrons. The molecule has 0 fully saturated rings. The Balaban J connectivity index is 2.61. The van der Waals surface area contributed by atoms with E-state index in [1.807, 2.05) is 6.08 Å². The summed E-state index contributed by atoms with van der Waals surface area (Å²) in [6.07, 6.45) is 7.84. The van der Waals surface area contributed by atoms with Gasteiger partial charge in [0.1, 0.15) is 0 Å². The summed E-state index contributed by atoms with van der Waals surface area (Å²) in [5.74, 6) is 0.111. The van der Waals surface area contributed by atoms with Gasteiger partial charge >= 0.3 is 0 Å². The van der Waals surface area contributed by atoms with Crippen LogP contribution in [0, 0.1) is 0 Å². The SMILES string of the molecule is C=CC(=O)C1=CCCCC1. The maximum atomic E-state index is 11.0. The van der Waals surface area contributed by atoms with Gasteiger partial charge < -0.3 is 0 Å². The lowest BCUT2D eigenvalue weighted by Crippen LogP contribution is -2.01. The van der Waals surface area contributed by atoms with Gasteiger partial charge in [0.05, 0.1) is 0 Å². The predicted octanol–water partition coefficient (Wildman–Crippen LogP) is 2.24. The minimum atomic E-state index is 0.111. The molecule has 0 aliphatic heterocycles. The highest BCUT2D eigenvalue weighted by molar-refractivity contribution is 6.03. The molecule has 1 heteroatoms. The van der Waals surface area contributed by atoms with E-state index in [2.05, 4.69) is 6.58 Å². The van der Waals surface area contributed by atoms with Crippen LogP contribution in [-0.2, 0) is 4.79 Å². The quantitative estimate of drug-likeness (QED) is 0.532. The molecular formula is C9H12O. The Kier molecular flexibility index (Phi) is 2.43. The molecule has 0 spiro atoms. The van der Waals surface area contributed by atoms with Gasteiger partial charge in [0.25, 0.3) is 0 Å². The Labute approximate surface area is 61.4 Å². The average Bonchev–Trinajstić information content (AvgIpc) is 2.05. The van der Waals surface area contributed by atoms with E-state index in [9.17, 15) is 4.79 Å². The number of ketones is 1. The van der Waals surface area contributed by atoms with Crippen LogP contribution in [0.15, 0.2) is 24.3 Å². The van der Waals surface area contributed by atoms with E-state index in [4.69, 9.17) is 0 Å². The Bertz CT molecular complexity index is 177. The fourth-order valence-electron chi connectivity index (χ4n) is 1.19. The summed E-state index contributed by atoms with van der Waals surface area (Å²) in [7, 11) is 0. The van der Waals surface area contributed by atoms with Crippen LogP contribution in [0.2, 0.25) is 0 Å². The molecule has 0 saturated carbocycles. The molecule has 10 heavy (non-hydrogen) atoms. The van der Waals surface area contributed by atoms with E-state index >= 15 is 0 Å². The van der Waals surface area contributed by atoms with Gasteiger partial charge in [-0.1, -0.05) is 12.7 Å². The second-order valence-corrected chi connectivity index (χ2v) is 2.54. The molecule has 1 rings (SSSR count). The van der Waals surface area contributed by atoms with Crippen LogP contribution in [-0.4, -0.2) is 5.78 Å². The summed E-state index contributed by atoms with van der Waals surface area (Å²) in [6, 6.07) is 0. The molecule has 0 unspecified atom stereocenters. The van der Waals surface area contributed by atoms with Gasteiger partial charge in [-0.25, -0.2) is 0 Å². The van der Waals surface area contributed by atoms with Crippen molar-refractivity contribution in [1.29, 1.82) is 0 Å². The van der Waals surface area contributed by atoms with Gasteiger partial charge in [-0.2, -0.15) is 0 Å². The van der Waals surface area contributed by atoms with Crippen molar-refractivity contribution in [3.63, 3.8) is 0 Å². The number of carbonyl (C=O) groups excluding carboxylic acids is 1. The summed E-state index contributed by atoms with van der Waals surface area (Å²) in [6.45, 7) is 3.45. The molecule has 0 N–H and O–H groups in total. The van der Waals surface area contributed by atoms with Gasteiger partial charge in [-0.15, -0.1) is 0 Å². The fraction of sp³-hybridized carbons (Fsp3) is 0.444. The summed E-state index contributed by atoms with van der Waals surface area (Å²) < 4.78 is 0. The summed E-state index contributed by atoms with van der Waals surface area (Å²) >= 11 is 0. The van der Waals surface area contributed by atoms with Crippen LogP contribution < -0.4 is 0 Å². The maximum absolute atomic E-state index is 11.0. The van der Waals surface area contributed by atoms with Crippen LogP contribution in [0.4, 0.5) is 0 Å². The minimum Gasteiger partial charge on any atom is -0.290 e. The largest absolute Gasteiger partial charge is 0.290 e. The molecule has 1 aliphatic rings. The lowest BCUT2D eigenvalue weighted by molar-refractivity contribution is -0.111. The molecule has 0 heterocycles. The molecule has 1 aliphatic carbocycles.